The molecule has 0 radical (unpaired) electrons. The van der Waals surface area contributed by atoms with Gasteiger partial charge in [-0.1, -0.05) is 35.5 Å². The molecule has 2 heterocycles. The maximum atomic E-state index is 12.9. The number of carbonyl (C=O) groups is 1. The van der Waals surface area contributed by atoms with Gasteiger partial charge in [0.2, 0.25) is 0 Å². The fourth-order valence-electron chi connectivity index (χ4n) is 3.15. The van der Waals surface area contributed by atoms with Crippen LogP contribution in [0.1, 0.15) is 16.1 Å². The lowest BCUT2D eigenvalue weighted by Gasteiger charge is -2.09. The van der Waals surface area contributed by atoms with Crippen molar-refractivity contribution in [2.75, 3.05) is 13.7 Å². The molecule has 1 amide bonds. The average Bonchev–Trinajstić information content (AvgIpc) is 3.26. The van der Waals surface area contributed by atoms with Crippen LogP contribution in [0.3, 0.4) is 0 Å². The molecule has 4 aromatic rings. The molecule has 7 nitrogen and oxygen atoms in total. The van der Waals surface area contributed by atoms with Crippen molar-refractivity contribution in [3.8, 4) is 22.7 Å². The molecule has 0 spiro atoms. The van der Waals surface area contributed by atoms with E-state index in [1.807, 2.05) is 66.7 Å². The fraction of sp³-hybridized carbons (Fsp3) is 0.130. The molecule has 30 heavy (non-hydrogen) atoms. The number of aromatic nitrogens is 4. The minimum Gasteiger partial charge on any atom is -0.497 e. The number of hydrogen-bond acceptors (Lipinski definition) is 5. The number of pyridine rings is 1. The second-order valence-electron chi connectivity index (χ2n) is 6.63. The number of methoxy groups -OCH3 is 1. The molecule has 2 aromatic carbocycles. The minimum atomic E-state index is -0.274. The lowest BCUT2D eigenvalue weighted by Crippen LogP contribution is -2.26. The summed E-state index contributed by atoms with van der Waals surface area (Å²) in [6.45, 7) is 0.505. The molecule has 0 saturated carbocycles. The van der Waals surface area contributed by atoms with E-state index in [2.05, 4.69) is 20.6 Å². The lowest BCUT2D eigenvalue weighted by atomic mass is 10.1. The normalized spacial score (nSPS) is 10.6. The van der Waals surface area contributed by atoms with Crippen molar-refractivity contribution < 1.29 is 9.53 Å². The Labute approximate surface area is 174 Å². The molecule has 0 saturated heterocycles. The van der Waals surface area contributed by atoms with Gasteiger partial charge in [0.15, 0.2) is 5.69 Å². The minimum absolute atomic E-state index is 0.256. The Morgan fingerprint density at radius 2 is 1.83 bits per heavy atom. The van der Waals surface area contributed by atoms with Crippen LogP contribution in [0, 0.1) is 0 Å². The second kappa shape index (κ2) is 9.00. The van der Waals surface area contributed by atoms with Crippen molar-refractivity contribution in [2.24, 2.45) is 0 Å². The summed E-state index contributed by atoms with van der Waals surface area (Å²) in [7, 11) is 1.61. The van der Waals surface area contributed by atoms with Crippen LogP contribution < -0.4 is 10.1 Å². The van der Waals surface area contributed by atoms with Crippen LogP contribution in [-0.2, 0) is 6.42 Å². The van der Waals surface area contributed by atoms with Crippen LogP contribution in [0.4, 0.5) is 0 Å². The molecular formula is C23H21N5O2. The van der Waals surface area contributed by atoms with Gasteiger partial charge in [-0.25, -0.2) is 4.68 Å². The molecule has 0 unspecified atom stereocenters. The van der Waals surface area contributed by atoms with Crippen LogP contribution in [0.15, 0.2) is 79.1 Å². The molecule has 0 fully saturated rings. The summed E-state index contributed by atoms with van der Waals surface area (Å²) in [6.07, 6.45) is 4.12. The third kappa shape index (κ3) is 4.20. The van der Waals surface area contributed by atoms with Gasteiger partial charge >= 0.3 is 0 Å². The molecule has 7 heteroatoms. The zero-order chi connectivity index (χ0) is 20.8. The number of rotatable bonds is 7. The maximum absolute atomic E-state index is 12.9. The van der Waals surface area contributed by atoms with Crippen molar-refractivity contribution in [1.82, 2.24) is 25.3 Å². The number of carbonyl (C=O) groups excluding carboxylic acids is 1. The van der Waals surface area contributed by atoms with Gasteiger partial charge in [-0.05, 0) is 48.4 Å². The first-order chi connectivity index (χ1) is 14.8. The number of nitrogens with zero attached hydrogens (tertiary/aromatic N) is 4. The largest absolute Gasteiger partial charge is 0.497 e. The highest BCUT2D eigenvalue weighted by atomic mass is 16.5. The number of nitrogens with one attached hydrogen (secondary N) is 1. The van der Waals surface area contributed by atoms with Gasteiger partial charge in [0.25, 0.3) is 5.91 Å². The Kier molecular flexibility index (Phi) is 5.80. The summed E-state index contributed by atoms with van der Waals surface area (Å²) in [4.78, 5) is 17.1. The standard InChI is InChI=1S/C23H21N5O2/c1-30-20-11-9-19(10-12-20)28-22(18-8-5-14-24-16-18)21(26-27-28)23(29)25-15-13-17-6-3-2-4-7-17/h2-12,14,16H,13,15H2,1H3,(H,25,29). The van der Waals surface area contributed by atoms with Crippen molar-refractivity contribution in [2.45, 2.75) is 6.42 Å². The van der Waals surface area contributed by atoms with Gasteiger partial charge in [-0.15, -0.1) is 5.10 Å². The van der Waals surface area contributed by atoms with Crippen LogP contribution in [0.25, 0.3) is 16.9 Å². The summed E-state index contributed by atoms with van der Waals surface area (Å²) >= 11 is 0. The summed E-state index contributed by atoms with van der Waals surface area (Å²) < 4.78 is 6.87. The third-order valence-electron chi connectivity index (χ3n) is 4.68. The topological polar surface area (TPSA) is 81.9 Å². The Morgan fingerprint density at radius 3 is 2.53 bits per heavy atom. The number of benzene rings is 2. The molecule has 0 aliphatic rings. The van der Waals surface area contributed by atoms with Gasteiger partial charge < -0.3 is 10.1 Å². The quantitative estimate of drug-likeness (QED) is 0.516. The van der Waals surface area contributed by atoms with E-state index in [1.54, 1.807) is 24.2 Å². The molecule has 4 rings (SSSR count). The van der Waals surface area contributed by atoms with E-state index in [1.165, 1.54) is 0 Å². The summed E-state index contributed by atoms with van der Waals surface area (Å²) in [5, 5.41) is 11.4. The molecule has 0 bridgehead atoms. The van der Waals surface area contributed by atoms with E-state index in [-0.39, 0.29) is 11.6 Å². The van der Waals surface area contributed by atoms with Gasteiger partial charge in [-0.3, -0.25) is 9.78 Å². The Hall–Kier alpha value is -4.00. The monoisotopic (exact) mass is 399 g/mol. The first kappa shape index (κ1) is 19.3. The summed E-state index contributed by atoms with van der Waals surface area (Å²) in [5.41, 5.74) is 3.53. The Morgan fingerprint density at radius 1 is 1.03 bits per heavy atom. The SMILES string of the molecule is COc1ccc(-n2nnc(C(=O)NCCc3ccccc3)c2-c2cccnc2)cc1. The average molecular weight is 399 g/mol. The molecule has 1 N–H and O–H groups in total. The van der Waals surface area contributed by atoms with Crippen LogP contribution in [-0.4, -0.2) is 39.5 Å². The van der Waals surface area contributed by atoms with E-state index in [0.29, 0.717) is 12.2 Å². The predicted octanol–water partition coefficient (Wildman–Crippen LogP) is 3.31. The predicted molar refractivity (Wildman–Crippen MR) is 114 cm³/mol. The number of hydrogen-bond donors (Lipinski definition) is 1. The molecule has 0 aliphatic heterocycles. The smallest absolute Gasteiger partial charge is 0.274 e. The van der Waals surface area contributed by atoms with E-state index < -0.39 is 0 Å². The van der Waals surface area contributed by atoms with Crippen molar-refractivity contribution >= 4 is 5.91 Å². The second-order valence-corrected chi connectivity index (χ2v) is 6.63. The highest BCUT2D eigenvalue weighted by Gasteiger charge is 2.22. The number of amides is 1. The van der Waals surface area contributed by atoms with Crippen molar-refractivity contribution in [3.63, 3.8) is 0 Å². The highest BCUT2D eigenvalue weighted by molar-refractivity contribution is 5.98. The van der Waals surface area contributed by atoms with Crippen LogP contribution in [0.2, 0.25) is 0 Å². The Balaban J connectivity index is 1.62. The zero-order valence-electron chi connectivity index (χ0n) is 16.5. The first-order valence-corrected chi connectivity index (χ1v) is 9.59. The van der Waals surface area contributed by atoms with E-state index in [9.17, 15) is 4.79 Å². The van der Waals surface area contributed by atoms with E-state index in [4.69, 9.17) is 4.74 Å². The van der Waals surface area contributed by atoms with Crippen molar-refractivity contribution in [3.05, 3.63) is 90.4 Å². The molecule has 0 atom stereocenters. The lowest BCUT2D eigenvalue weighted by molar-refractivity contribution is 0.0949. The molecule has 150 valence electrons. The first-order valence-electron chi connectivity index (χ1n) is 9.59. The molecule has 2 aromatic heterocycles. The van der Waals surface area contributed by atoms with Gasteiger partial charge in [-0.2, -0.15) is 0 Å². The highest BCUT2D eigenvalue weighted by Crippen LogP contribution is 2.25. The van der Waals surface area contributed by atoms with Crippen molar-refractivity contribution in [1.29, 1.82) is 0 Å². The molecular weight excluding hydrogens is 378 g/mol. The van der Waals surface area contributed by atoms with Gasteiger partial charge in [0.1, 0.15) is 11.4 Å². The Bertz CT molecular complexity index is 1110. The third-order valence-corrected chi connectivity index (χ3v) is 4.68. The summed E-state index contributed by atoms with van der Waals surface area (Å²) in [6, 6.07) is 21.1. The number of ether oxygens (including phenoxy) is 1. The molecule has 0 aliphatic carbocycles. The zero-order valence-corrected chi connectivity index (χ0v) is 16.5. The maximum Gasteiger partial charge on any atom is 0.274 e. The van der Waals surface area contributed by atoms with E-state index in [0.717, 1.165) is 29.0 Å². The van der Waals surface area contributed by atoms with Gasteiger partial charge in [0.05, 0.1) is 12.8 Å². The van der Waals surface area contributed by atoms with E-state index >= 15 is 0 Å². The van der Waals surface area contributed by atoms with Gasteiger partial charge in [0, 0.05) is 24.5 Å². The summed E-state index contributed by atoms with van der Waals surface area (Å²) in [5.74, 6) is 0.463. The van der Waals surface area contributed by atoms with Crippen LogP contribution in [0.5, 0.6) is 5.75 Å². The fourth-order valence-corrected chi connectivity index (χ4v) is 3.15. The van der Waals surface area contributed by atoms with Crippen LogP contribution >= 0.6 is 0 Å².